The van der Waals surface area contributed by atoms with Crippen LogP contribution in [-0.2, 0) is 24.5 Å². The van der Waals surface area contributed by atoms with Gasteiger partial charge in [-0.25, -0.2) is 0 Å². The summed E-state index contributed by atoms with van der Waals surface area (Å²) in [6.45, 7) is 11.3. The lowest BCUT2D eigenvalue weighted by molar-refractivity contribution is -0.893. The number of amides is 2. The normalized spacial score (nSPS) is 19.8. The van der Waals surface area contributed by atoms with Crippen molar-refractivity contribution >= 4 is 27.9 Å². The van der Waals surface area contributed by atoms with E-state index < -0.39 is 51.0 Å². The minimum Gasteiger partial charge on any atom is -0.550 e. The number of hydrogen-bond acceptors (Lipinski definition) is 6. The number of carbonyl (C=O) groups excluding carboxylic acids is 3. The van der Waals surface area contributed by atoms with Gasteiger partial charge in [-0.3, -0.25) is 14.1 Å². The van der Waals surface area contributed by atoms with Crippen molar-refractivity contribution in [1.29, 1.82) is 0 Å². The first kappa shape index (κ1) is 44.3. The molecule has 10 nitrogen and oxygen atoms in total. The molecule has 4 N–H and O–H groups in total. The molecule has 0 aromatic heterocycles. The Hall–Kier alpha value is -1.72. The van der Waals surface area contributed by atoms with Crippen LogP contribution in [0.15, 0.2) is 0 Å². The number of hydrogen-bond donors (Lipinski definition) is 3. The van der Waals surface area contributed by atoms with Crippen molar-refractivity contribution in [1.82, 2.24) is 5.32 Å². The third-order valence-corrected chi connectivity index (χ3v) is 11.6. The number of nitrogens with zero attached hydrogens (tertiary/aromatic N) is 1. The van der Waals surface area contributed by atoms with E-state index in [1.807, 2.05) is 6.92 Å². The Morgan fingerprint density at radius 2 is 1.50 bits per heavy atom. The van der Waals surface area contributed by atoms with E-state index in [2.05, 4.69) is 33.3 Å². The first-order valence-electron chi connectivity index (χ1n) is 18.9. The van der Waals surface area contributed by atoms with Gasteiger partial charge in [0.1, 0.15) is 0 Å². The highest BCUT2D eigenvalue weighted by Crippen LogP contribution is 2.43. The molecule has 0 aromatic carbocycles. The second kappa shape index (κ2) is 21.5. The fourth-order valence-corrected chi connectivity index (χ4v) is 9.23. The quantitative estimate of drug-likeness (QED) is 0.0579. The molecule has 48 heavy (non-hydrogen) atoms. The van der Waals surface area contributed by atoms with E-state index in [0.29, 0.717) is 25.7 Å². The molecule has 0 aromatic rings. The summed E-state index contributed by atoms with van der Waals surface area (Å²) in [5.74, 6) is -4.54. The Kier molecular flexibility index (Phi) is 19.8. The van der Waals surface area contributed by atoms with Crippen molar-refractivity contribution in [2.75, 3.05) is 32.9 Å². The Morgan fingerprint density at radius 1 is 0.938 bits per heavy atom. The third kappa shape index (κ3) is 18.3. The number of nitrogens with two attached hydrogens (primary N) is 1. The van der Waals surface area contributed by atoms with Crippen LogP contribution in [0.2, 0.25) is 0 Å². The molecule has 2 amide bonds. The molecule has 1 fully saturated rings. The SMILES string of the molecule is CCCCCCCCCCCC[N+](C)(C)CC(C)CC(CC1CCCC1C(CC(CC)C(N)=O)C(=O)[O-])C(=O)NC(C)(C)CS(=O)(=O)O. The van der Waals surface area contributed by atoms with Gasteiger partial charge in [-0.15, -0.1) is 0 Å². The van der Waals surface area contributed by atoms with Gasteiger partial charge < -0.3 is 25.4 Å². The maximum Gasteiger partial charge on any atom is 0.267 e. The van der Waals surface area contributed by atoms with Crippen LogP contribution in [-0.4, -0.2) is 73.7 Å². The summed E-state index contributed by atoms with van der Waals surface area (Å²) in [5.41, 5.74) is 4.38. The summed E-state index contributed by atoms with van der Waals surface area (Å²) in [7, 11) is 0.140. The van der Waals surface area contributed by atoms with Crippen LogP contribution in [0.4, 0.5) is 0 Å². The summed E-state index contributed by atoms with van der Waals surface area (Å²) >= 11 is 0. The van der Waals surface area contributed by atoms with Crippen molar-refractivity contribution in [3.63, 3.8) is 0 Å². The van der Waals surface area contributed by atoms with Gasteiger partial charge in [0, 0.05) is 29.6 Å². The lowest BCUT2D eigenvalue weighted by Crippen LogP contribution is -2.51. The van der Waals surface area contributed by atoms with E-state index in [1.54, 1.807) is 13.8 Å². The predicted molar refractivity (Wildman–Crippen MR) is 191 cm³/mol. The molecule has 0 radical (unpaired) electrons. The van der Waals surface area contributed by atoms with Gasteiger partial charge in [-0.05, 0) is 70.6 Å². The number of carbonyl (C=O) groups is 3. The Bertz CT molecular complexity index is 1080. The highest BCUT2D eigenvalue weighted by atomic mass is 32.2. The highest BCUT2D eigenvalue weighted by Gasteiger charge is 2.40. The van der Waals surface area contributed by atoms with Crippen LogP contribution in [0.5, 0.6) is 0 Å². The largest absolute Gasteiger partial charge is 0.550 e. The molecule has 1 aliphatic rings. The van der Waals surface area contributed by atoms with Crippen molar-refractivity contribution in [3.8, 4) is 0 Å². The molecule has 6 unspecified atom stereocenters. The Balaban J connectivity index is 2.97. The number of primary amides is 1. The third-order valence-electron chi connectivity index (χ3n) is 10.5. The zero-order chi connectivity index (χ0) is 36.5. The number of carboxylic acids is 1. The number of nitrogens with one attached hydrogen (secondary N) is 1. The van der Waals surface area contributed by atoms with E-state index in [9.17, 15) is 32.5 Å². The summed E-state index contributed by atoms with van der Waals surface area (Å²) in [5, 5.41) is 15.2. The standard InChI is InChI=1S/C37H71N3O7S/c1-8-10-11-12-13-14-15-16-17-18-22-40(6,7)26-28(3)23-31(35(42)39-37(4,5)27-48(45,46)47)24-30-20-19-21-32(30)33(36(43)44)25-29(9-2)34(38)41/h28-33H,8-27H2,1-7H3,(H4-,38,39,41,42,43,44,45,46,47). The monoisotopic (exact) mass is 702 g/mol. The maximum atomic E-state index is 13.8. The molecule has 1 saturated carbocycles. The van der Waals surface area contributed by atoms with E-state index in [4.69, 9.17) is 5.73 Å². The summed E-state index contributed by atoms with van der Waals surface area (Å²) in [6.07, 6.45) is 16.8. The minimum absolute atomic E-state index is 0.0555. The molecule has 282 valence electrons. The molecule has 6 atom stereocenters. The van der Waals surface area contributed by atoms with Gasteiger partial charge in [-0.2, -0.15) is 8.42 Å². The molecule has 1 rings (SSSR count). The van der Waals surface area contributed by atoms with Crippen molar-refractivity contribution in [2.24, 2.45) is 41.2 Å². The lowest BCUT2D eigenvalue weighted by Gasteiger charge is -2.36. The van der Waals surface area contributed by atoms with Gasteiger partial charge in [-0.1, -0.05) is 85.0 Å². The van der Waals surface area contributed by atoms with Crippen LogP contribution in [0.3, 0.4) is 0 Å². The Morgan fingerprint density at radius 3 is 2.00 bits per heavy atom. The lowest BCUT2D eigenvalue weighted by atomic mass is 9.74. The van der Waals surface area contributed by atoms with E-state index in [-0.39, 0.29) is 30.1 Å². The van der Waals surface area contributed by atoms with Gasteiger partial charge in [0.05, 0.1) is 38.5 Å². The minimum atomic E-state index is -4.32. The van der Waals surface area contributed by atoms with Gasteiger partial charge in [0.25, 0.3) is 10.1 Å². The van der Waals surface area contributed by atoms with Crippen LogP contribution in [0.1, 0.15) is 144 Å². The molecular weight excluding hydrogens is 630 g/mol. The summed E-state index contributed by atoms with van der Waals surface area (Å²) in [6, 6.07) is 0. The molecule has 11 heteroatoms. The first-order valence-corrected chi connectivity index (χ1v) is 20.5. The van der Waals surface area contributed by atoms with Crippen molar-refractivity contribution in [2.45, 2.75) is 149 Å². The van der Waals surface area contributed by atoms with E-state index >= 15 is 0 Å². The van der Waals surface area contributed by atoms with Crippen LogP contribution in [0.25, 0.3) is 0 Å². The fourth-order valence-electron chi connectivity index (χ4n) is 8.25. The number of carboxylic acid groups (broad SMARTS) is 1. The zero-order valence-corrected chi connectivity index (χ0v) is 32.3. The summed E-state index contributed by atoms with van der Waals surface area (Å²) < 4.78 is 33.7. The van der Waals surface area contributed by atoms with Gasteiger partial charge in [0.2, 0.25) is 11.8 Å². The zero-order valence-electron chi connectivity index (χ0n) is 31.4. The number of aliphatic carboxylic acids is 1. The second-order valence-electron chi connectivity index (χ2n) is 16.4. The van der Waals surface area contributed by atoms with Crippen LogP contribution < -0.4 is 16.2 Å². The van der Waals surface area contributed by atoms with E-state index in [0.717, 1.165) is 36.8 Å². The van der Waals surface area contributed by atoms with Gasteiger partial charge >= 0.3 is 0 Å². The van der Waals surface area contributed by atoms with E-state index in [1.165, 1.54) is 57.8 Å². The second-order valence-corrected chi connectivity index (χ2v) is 17.9. The van der Waals surface area contributed by atoms with Crippen LogP contribution >= 0.6 is 0 Å². The fraction of sp³-hybridized carbons (Fsp3) is 0.919. The van der Waals surface area contributed by atoms with Gasteiger partial charge in [0.15, 0.2) is 0 Å². The number of unbranched alkanes of at least 4 members (excludes halogenated alkanes) is 9. The molecule has 0 saturated heterocycles. The molecular formula is C37H71N3O7S. The number of rotatable bonds is 27. The summed E-state index contributed by atoms with van der Waals surface area (Å²) in [4.78, 5) is 38.2. The topological polar surface area (TPSA) is 167 Å². The first-order chi connectivity index (χ1) is 22.3. The molecule has 0 heterocycles. The Labute approximate surface area is 293 Å². The molecule has 0 spiro atoms. The predicted octanol–water partition coefficient (Wildman–Crippen LogP) is 5.48. The van der Waals surface area contributed by atoms with Crippen molar-refractivity contribution in [3.05, 3.63) is 0 Å². The smallest absolute Gasteiger partial charge is 0.267 e. The molecule has 1 aliphatic carbocycles. The van der Waals surface area contributed by atoms with Crippen molar-refractivity contribution < 1.29 is 36.9 Å². The maximum absolute atomic E-state index is 13.8. The average molecular weight is 702 g/mol. The highest BCUT2D eigenvalue weighted by molar-refractivity contribution is 7.85. The van der Waals surface area contributed by atoms with Crippen LogP contribution in [0, 0.1) is 35.5 Å². The molecule has 0 bridgehead atoms. The molecule has 0 aliphatic heterocycles. The average Bonchev–Trinajstić information content (AvgIpc) is 3.39. The number of quaternary nitrogens is 1.